The molecule has 106 valence electrons. The van der Waals surface area contributed by atoms with Crippen LogP contribution in [0.15, 0.2) is 54.9 Å². The first-order valence-corrected chi connectivity index (χ1v) is 6.37. The van der Waals surface area contributed by atoms with Gasteiger partial charge in [0.25, 0.3) is 0 Å². The van der Waals surface area contributed by atoms with Crippen LogP contribution in [0.1, 0.15) is 5.56 Å². The van der Waals surface area contributed by atoms with Crippen LogP contribution in [0.2, 0.25) is 0 Å². The van der Waals surface area contributed by atoms with Crippen molar-refractivity contribution in [2.24, 2.45) is 0 Å². The van der Waals surface area contributed by atoms with E-state index in [1.54, 1.807) is 23.1 Å². The molecule has 2 aromatic carbocycles. The van der Waals surface area contributed by atoms with E-state index in [0.717, 1.165) is 17.4 Å². The summed E-state index contributed by atoms with van der Waals surface area (Å²) in [5.41, 5.74) is 2.31. The Kier molecular flexibility index (Phi) is 3.59. The second kappa shape index (κ2) is 5.70. The zero-order valence-electron chi connectivity index (χ0n) is 11.0. The SMILES string of the molecule is Fc1ccc(CNc2ccccc2-n2ccnn2)cc1F. The number of anilines is 1. The predicted octanol–water partition coefficient (Wildman–Crippen LogP) is 3.16. The molecular formula is C15H12F2N4. The van der Waals surface area contributed by atoms with E-state index in [4.69, 9.17) is 0 Å². The van der Waals surface area contributed by atoms with Gasteiger partial charge in [-0.15, -0.1) is 5.10 Å². The Hall–Kier alpha value is -2.76. The van der Waals surface area contributed by atoms with Gasteiger partial charge in [-0.25, -0.2) is 13.5 Å². The summed E-state index contributed by atoms with van der Waals surface area (Å²) >= 11 is 0. The maximum absolute atomic E-state index is 13.2. The first-order valence-electron chi connectivity index (χ1n) is 6.37. The summed E-state index contributed by atoms with van der Waals surface area (Å²) in [5.74, 6) is -1.69. The molecule has 0 atom stereocenters. The first kappa shape index (κ1) is 13.2. The van der Waals surface area contributed by atoms with E-state index in [9.17, 15) is 8.78 Å². The van der Waals surface area contributed by atoms with Crippen LogP contribution < -0.4 is 5.32 Å². The molecular weight excluding hydrogens is 274 g/mol. The lowest BCUT2D eigenvalue weighted by atomic mass is 10.2. The number of hydrogen-bond donors (Lipinski definition) is 1. The van der Waals surface area contributed by atoms with Gasteiger partial charge in [0.2, 0.25) is 0 Å². The van der Waals surface area contributed by atoms with Crippen LogP contribution in [0.5, 0.6) is 0 Å². The van der Waals surface area contributed by atoms with Crippen LogP contribution in [-0.2, 0) is 6.54 Å². The Morgan fingerprint density at radius 2 is 1.90 bits per heavy atom. The molecule has 3 aromatic rings. The van der Waals surface area contributed by atoms with E-state index in [1.165, 1.54) is 6.07 Å². The first-order chi connectivity index (χ1) is 10.2. The lowest BCUT2D eigenvalue weighted by Crippen LogP contribution is -2.05. The van der Waals surface area contributed by atoms with Crippen molar-refractivity contribution in [1.29, 1.82) is 0 Å². The molecule has 1 heterocycles. The van der Waals surface area contributed by atoms with Gasteiger partial charge in [-0.2, -0.15) is 0 Å². The fourth-order valence-electron chi connectivity index (χ4n) is 2.01. The lowest BCUT2D eigenvalue weighted by molar-refractivity contribution is 0.507. The minimum atomic E-state index is -0.848. The summed E-state index contributed by atoms with van der Waals surface area (Å²) < 4.78 is 27.7. The number of nitrogens with one attached hydrogen (secondary N) is 1. The lowest BCUT2D eigenvalue weighted by Gasteiger charge is -2.11. The van der Waals surface area contributed by atoms with Crippen LogP contribution in [0.3, 0.4) is 0 Å². The summed E-state index contributed by atoms with van der Waals surface area (Å²) in [7, 11) is 0. The Bertz CT molecular complexity index is 741. The highest BCUT2D eigenvalue weighted by molar-refractivity contribution is 5.60. The Balaban J connectivity index is 1.81. The molecule has 3 rings (SSSR count). The molecule has 0 fully saturated rings. The summed E-state index contributed by atoms with van der Waals surface area (Å²) in [5, 5.41) is 10.9. The van der Waals surface area contributed by atoms with Gasteiger partial charge in [-0.3, -0.25) is 0 Å². The van der Waals surface area contributed by atoms with Gasteiger partial charge in [0, 0.05) is 6.54 Å². The van der Waals surface area contributed by atoms with E-state index >= 15 is 0 Å². The van der Waals surface area contributed by atoms with Gasteiger partial charge in [0.05, 0.1) is 23.8 Å². The number of nitrogens with zero attached hydrogens (tertiary/aromatic N) is 3. The predicted molar refractivity (Wildman–Crippen MR) is 75.0 cm³/mol. The Morgan fingerprint density at radius 1 is 1.05 bits per heavy atom. The van der Waals surface area contributed by atoms with Crippen molar-refractivity contribution in [2.75, 3.05) is 5.32 Å². The topological polar surface area (TPSA) is 42.7 Å². The van der Waals surface area contributed by atoms with E-state index in [1.807, 2.05) is 24.3 Å². The molecule has 6 heteroatoms. The summed E-state index contributed by atoms with van der Waals surface area (Å²) in [4.78, 5) is 0. The highest BCUT2D eigenvalue weighted by Crippen LogP contribution is 2.20. The highest BCUT2D eigenvalue weighted by atomic mass is 19.2. The van der Waals surface area contributed by atoms with Crippen LogP contribution >= 0.6 is 0 Å². The molecule has 0 aliphatic heterocycles. The van der Waals surface area contributed by atoms with Crippen molar-refractivity contribution in [2.45, 2.75) is 6.54 Å². The van der Waals surface area contributed by atoms with Gasteiger partial charge in [0.15, 0.2) is 11.6 Å². The third-order valence-corrected chi connectivity index (χ3v) is 3.04. The molecule has 0 radical (unpaired) electrons. The number of aromatic nitrogens is 3. The quantitative estimate of drug-likeness (QED) is 0.801. The fourth-order valence-corrected chi connectivity index (χ4v) is 2.01. The maximum atomic E-state index is 13.2. The molecule has 1 aromatic heterocycles. The standard InChI is InChI=1S/C15H12F2N4/c16-12-6-5-11(9-13(12)17)10-18-14-3-1-2-4-15(14)21-8-7-19-20-21/h1-9,18H,10H2. The van der Waals surface area contributed by atoms with Crippen LogP contribution in [-0.4, -0.2) is 15.0 Å². The number of halogens is 2. The molecule has 0 aliphatic rings. The molecule has 0 saturated heterocycles. The molecule has 0 saturated carbocycles. The number of para-hydroxylation sites is 2. The third kappa shape index (κ3) is 2.89. The van der Waals surface area contributed by atoms with E-state index in [-0.39, 0.29) is 0 Å². The van der Waals surface area contributed by atoms with Crippen molar-refractivity contribution in [1.82, 2.24) is 15.0 Å². The number of benzene rings is 2. The molecule has 0 bridgehead atoms. The van der Waals surface area contributed by atoms with E-state index in [0.29, 0.717) is 12.1 Å². The fraction of sp³-hybridized carbons (Fsp3) is 0.0667. The molecule has 4 nitrogen and oxygen atoms in total. The zero-order valence-corrected chi connectivity index (χ0v) is 11.0. The molecule has 0 amide bonds. The minimum Gasteiger partial charge on any atom is -0.379 e. The van der Waals surface area contributed by atoms with E-state index < -0.39 is 11.6 Å². The van der Waals surface area contributed by atoms with E-state index in [2.05, 4.69) is 15.6 Å². The third-order valence-electron chi connectivity index (χ3n) is 3.04. The summed E-state index contributed by atoms with van der Waals surface area (Å²) in [6.45, 7) is 0.378. The monoisotopic (exact) mass is 286 g/mol. The van der Waals surface area contributed by atoms with Crippen molar-refractivity contribution in [3.63, 3.8) is 0 Å². The zero-order chi connectivity index (χ0) is 14.7. The van der Waals surface area contributed by atoms with Crippen molar-refractivity contribution >= 4 is 5.69 Å². The van der Waals surface area contributed by atoms with Gasteiger partial charge < -0.3 is 5.32 Å². The van der Waals surface area contributed by atoms with Gasteiger partial charge in [-0.1, -0.05) is 23.4 Å². The number of hydrogen-bond acceptors (Lipinski definition) is 3. The Morgan fingerprint density at radius 3 is 2.67 bits per heavy atom. The average Bonchev–Trinajstić information content (AvgIpc) is 3.03. The van der Waals surface area contributed by atoms with Crippen LogP contribution in [0.25, 0.3) is 5.69 Å². The van der Waals surface area contributed by atoms with Gasteiger partial charge >= 0.3 is 0 Å². The smallest absolute Gasteiger partial charge is 0.159 e. The van der Waals surface area contributed by atoms with Crippen LogP contribution in [0.4, 0.5) is 14.5 Å². The van der Waals surface area contributed by atoms with Gasteiger partial charge in [0.1, 0.15) is 0 Å². The van der Waals surface area contributed by atoms with Crippen molar-refractivity contribution in [3.8, 4) is 5.69 Å². The van der Waals surface area contributed by atoms with Crippen molar-refractivity contribution < 1.29 is 8.78 Å². The molecule has 0 spiro atoms. The summed E-state index contributed by atoms with van der Waals surface area (Å²) in [6.07, 6.45) is 3.32. The molecule has 1 N–H and O–H groups in total. The van der Waals surface area contributed by atoms with Crippen molar-refractivity contribution in [3.05, 3.63) is 72.1 Å². The molecule has 0 unspecified atom stereocenters. The number of rotatable bonds is 4. The minimum absolute atomic E-state index is 0.378. The second-order valence-electron chi connectivity index (χ2n) is 4.47. The Labute approximate surface area is 120 Å². The summed E-state index contributed by atoms with van der Waals surface area (Å²) in [6, 6.07) is 11.4. The molecule has 0 aliphatic carbocycles. The normalized spacial score (nSPS) is 10.6. The second-order valence-corrected chi connectivity index (χ2v) is 4.47. The largest absolute Gasteiger partial charge is 0.379 e. The van der Waals surface area contributed by atoms with Gasteiger partial charge in [-0.05, 0) is 29.8 Å². The maximum Gasteiger partial charge on any atom is 0.159 e. The molecule has 21 heavy (non-hydrogen) atoms. The van der Waals surface area contributed by atoms with Crippen LogP contribution in [0, 0.1) is 11.6 Å². The highest BCUT2D eigenvalue weighted by Gasteiger charge is 2.06. The average molecular weight is 286 g/mol.